The predicted octanol–water partition coefficient (Wildman–Crippen LogP) is 8.40. The minimum Gasteiger partial charge on any atom is -0.0678 e. The van der Waals surface area contributed by atoms with Crippen molar-refractivity contribution in [3.63, 3.8) is 0 Å². The molecule has 3 aliphatic carbocycles. The van der Waals surface area contributed by atoms with Crippen LogP contribution < -0.4 is 0 Å². The van der Waals surface area contributed by atoms with Crippen LogP contribution in [0.4, 0.5) is 0 Å². The number of fused-ring (bicyclic) bond motifs is 1. The molecule has 0 radical (unpaired) electrons. The minimum atomic E-state index is -1.27. The molecule has 0 heterocycles. The van der Waals surface area contributed by atoms with Crippen molar-refractivity contribution in [2.45, 2.75) is 117 Å². The molecule has 8 unspecified atom stereocenters. The maximum Gasteiger partial charge on any atom is 0.0601 e. The van der Waals surface area contributed by atoms with Crippen LogP contribution in [-0.2, 0) is 0 Å². The van der Waals surface area contributed by atoms with Gasteiger partial charge in [-0.1, -0.05) is 92.7 Å². The summed E-state index contributed by atoms with van der Waals surface area (Å²) in [5, 5.41) is 0. The van der Waals surface area contributed by atoms with Crippen LogP contribution in [0.3, 0.4) is 0 Å². The lowest BCUT2D eigenvalue weighted by Crippen LogP contribution is -2.48. The summed E-state index contributed by atoms with van der Waals surface area (Å²) in [5.41, 5.74) is 2.25. The summed E-state index contributed by atoms with van der Waals surface area (Å²) in [5.74, 6) is 7.14. The molecule has 0 bridgehead atoms. The van der Waals surface area contributed by atoms with E-state index in [4.69, 9.17) is 0 Å². The topological polar surface area (TPSA) is 0 Å². The van der Waals surface area contributed by atoms with E-state index in [1.165, 1.54) is 25.7 Å². The van der Waals surface area contributed by atoms with Gasteiger partial charge in [0.15, 0.2) is 0 Å². The van der Waals surface area contributed by atoms with Crippen LogP contribution >= 0.6 is 0 Å². The van der Waals surface area contributed by atoms with Gasteiger partial charge in [-0.15, -0.1) is 0 Å². The molecule has 152 valence electrons. The highest BCUT2D eigenvalue weighted by Gasteiger charge is 2.59. The average molecular weight is 377 g/mol. The Balaban J connectivity index is 1.96. The zero-order chi connectivity index (χ0) is 19.1. The Bertz CT molecular complexity index is 439. The molecule has 3 rings (SSSR count). The van der Waals surface area contributed by atoms with Gasteiger partial charge in [-0.3, -0.25) is 0 Å². The number of rotatable bonds is 6. The highest BCUT2D eigenvalue weighted by atomic mass is 28.3. The Morgan fingerprint density at radius 2 is 1.27 bits per heavy atom. The molecule has 0 aromatic rings. The van der Waals surface area contributed by atoms with E-state index in [-0.39, 0.29) is 0 Å². The molecule has 0 amide bonds. The average Bonchev–Trinajstić information content (AvgIpc) is 3.11. The van der Waals surface area contributed by atoms with Crippen LogP contribution in [0, 0.1) is 41.4 Å². The van der Waals surface area contributed by atoms with Gasteiger partial charge in [-0.25, -0.2) is 0 Å². The van der Waals surface area contributed by atoms with E-state index in [1.54, 1.807) is 31.4 Å². The molecule has 3 fully saturated rings. The summed E-state index contributed by atoms with van der Waals surface area (Å²) in [6, 6.07) is 3.13. The van der Waals surface area contributed by atoms with Crippen molar-refractivity contribution in [1.29, 1.82) is 0 Å². The highest BCUT2D eigenvalue weighted by molar-refractivity contribution is 6.82. The molecule has 26 heavy (non-hydrogen) atoms. The molecular formula is C25H48Si. The fourth-order valence-corrected chi connectivity index (χ4v) is 16.7. The SMILES string of the molecule is CCCC1CC([Si](CC)(CC)C2C(C)C(C)C(C)C2C)C2CCCCC12. The van der Waals surface area contributed by atoms with Gasteiger partial charge in [0.25, 0.3) is 0 Å². The monoisotopic (exact) mass is 376 g/mol. The van der Waals surface area contributed by atoms with E-state index in [1.807, 2.05) is 0 Å². The van der Waals surface area contributed by atoms with Gasteiger partial charge < -0.3 is 0 Å². The largest absolute Gasteiger partial charge is 0.0678 e. The molecule has 0 spiro atoms. The summed E-state index contributed by atoms with van der Waals surface area (Å²) in [4.78, 5) is 0. The Morgan fingerprint density at radius 1 is 0.731 bits per heavy atom. The summed E-state index contributed by atoms with van der Waals surface area (Å²) >= 11 is 0. The van der Waals surface area contributed by atoms with Gasteiger partial charge in [-0.05, 0) is 65.3 Å². The quantitative estimate of drug-likeness (QED) is 0.408. The molecule has 8 atom stereocenters. The van der Waals surface area contributed by atoms with Crippen molar-refractivity contribution >= 4 is 8.07 Å². The van der Waals surface area contributed by atoms with Crippen molar-refractivity contribution in [3.05, 3.63) is 0 Å². The second-order valence-electron chi connectivity index (χ2n) is 10.9. The molecule has 0 N–H and O–H groups in total. The van der Waals surface area contributed by atoms with Gasteiger partial charge >= 0.3 is 0 Å². The summed E-state index contributed by atoms with van der Waals surface area (Å²) in [6.45, 7) is 18.1. The van der Waals surface area contributed by atoms with E-state index in [0.717, 1.165) is 52.5 Å². The van der Waals surface area contributed by atoms with Crippen molar-refractivity contribution < 1.29 is 0 Å². The maximum atomic E-state index is 2.65. The minimum absolute atomic E-state index is 0.940. The smallest absolute Gasteiger partial charge is 0.0601 e. The molecule has 0 aromatic heterocycles. The third-order valence-electron chi connectivity index (χ3n) is 10.6. The van der Waals surface area contributed by atoms with Gasteiger partial charge in [-0.2, -0.15) is 0 Å². The van der Waals surface area contributed by atoms with E-state index < -0.39 is 8.07 Å². The Kier molecular flexibility index (Phi) is 6.68. The number of hydrogen-bond donors (Lipinski definition) is 0. The van der Waals surface area contributed by atoms with E-state index >= 15 is 0 Å². The van der Waals surface area contributed by atoms with Gasteiger partial charge in [0.1, 0.15) is 0 Å². The van der Waals surface area contributed by atoms with Crippen LogP contribution in [0.2, 0.25) is 23.2 Å². The Hall–Kier alpha value is 0.217. The summed E-state index contributed by atoms with van der Waals surface area (Å²) in [7, 11) is -1.27. The zero-order valence-electron chi connectivity index (χ0n) is 19.1. The molecular weight excluding hydrogens is 328 g/mol. The van der Waals surface area contributed by atoms with Gasteiger partial charge in [0, 0.05) is 0 Å². The highest BCUT2D eigenvalue weighted by Crippen LogP contribution is 2.65. The second kappa shape index (κ2) is 8.30. The van der Waals surface area contributed by atoms with Crippen LogP contribution in [0.25, 0.3) is 0 Å². The molecule has 1 heteroatoms. The number of hydrogen-bond acceptors (Lipinski definition) is 0. The summed E-state index contributed by atoms with van der Waals surface area (Å²) < 4.78 is 0. The van der Waals surface area contributed by atoms with Crippen molar-refractivity contribution in [2.24, 2.45) is 41.4 Å². The molecule has 0 aliphatic heterocycles. The maximum absolute atomic E-state index is 2.65. The first kappa shape index (κ1) is 20.9. The molecule has 3 aliphatic rings. The van der Waals surface area contributed by atoms with Crippen molar-refractivity contribution in [2.75, 3.05) is 0 Å². The first-order valence-corrected chi connectivity index (χ1v) is 15.0. The normalized spacial score (nSPS) is 46.5. The van der Waals surface area contributed by atoms with Crippen molar-refractivity contribution in [3.8, 4) is 0 Å². The van der Waals surface area contributed by atoms with E-state index in [0.29, 0.717) is 0 Å². The van der Waals surface area contributed by atoms with Crippen LogP contribution in [0.15, 0.2) is 0 Å². The molecule has 0 nitrogen and oxygen atoms in total. The Morgan fingerprint density at radius 3 is 1.77 bits per heavy atom. The second-order valence-corrected chi connectivity index (χ2v) is 16.2. The summed E-state index contributed by atoms with van der Waals surface area (Å²) in [6.07, 6.45) is 10.8. The van der Waals surface area contributed by atoms with Crippen LogP contribution in [-0.4, -0.2) is 8.07 Å². The third-order valence-corrected chi connectivity index (χ3v) is 17.7. The predicted molar refractivity (Wildman–Crippen MR) is 119 cm³/mol. The molecule has 3 saturated carbocycles. The standard InChI is InChI=1S/C25H48Si/c1-8-13-21-16-24(23-15-12-11-14-22(21)23)26(9-2,10-3)25-19(6)17(4)18(5)20(25)7/h17-25H,8-16H2,1-7H3. The third kappa shape index (κ3) is 3.17. The van der Waals surface area contributed by atoms with Crippen molar-refractivity contribution in [1.82, 2.24) is 0 Å². The van der Waals surface area contributed by atoms with Gasteiger partial charge in [0.2, 0.25) is 0 Å². The van der Waals surface area contributed by atoms with Crippen LogP contribution in [0.1, 0.15) is 93.4 Å². The fraction of sp³-hybridized carbons (Fsp3) is 1.00. The molecule has 0 saturated heterocycles. The van der Waals surface area contributed by atoms with Crippen LogP contribution in [0.5, 0.6) is 0 Å². The Labute approximate surface area is 166 Å². The molecule has 0 aromatic carbocycles. The first-order valence-electron chi connectivity index (χ1n) is 12.4. The van der Waals surface area contributed by atoms with E-state index in [2.05, 4.69) is 48.5 Å². The first-order chi connectivity index (χ1) is 12.4. The zero-order valence-corrected chi connectivity index (χ0v) is 20.1. The van der Waals surface area contributed by atoms with Gasteiger partial charge in [0.05, 0.1) is 8.07 Å². The fourth-order valence-electron chi connectivity index (χ4n) is 8.94. The lowest BCUT2D eigenvalue weighted by Gasteiger charge is -2.49. The lowest BCUT2D eigenvalue weighted by molar-refractivity contribution is 0.218. The van der Waals surface area contributed by atoms with E-state index in [9.17, 15) is 0 Å². The lowest BCUT2D eigenvalue weighted by atomic mass is 9.77.